The van der Waals surface area contributed by atoms with Crippen LogP contribution in [-0.2, 0) is 0 Å². The molecule has 2 heterocycles. The van der Waals surface area contributed by atoms with Crippen molar-refractivity contribution in [1.29, 1.82) is 0 Å². The van der Waals surface area contributed by atoms with Crippen molar-refractivity contribution in [2.24, 2.45) is 0 Å². The van der Waals surface area contributed by atoms with Crippen LogP contribution in [0.4, 0.5) is 5.95 Å². The van der Waals surface area contributed by atoms with Crippen LogP contribution in [0.25, 0.3) is 0 Å². The molecular formula is C9H13N7OS. The number of ether oxygens (including phenoxy) is 1. The Labute approximate surface area is 108 Å². The molecule has 0 atom stereocenters. The fraction of sp³-hybridized carbons (Fsp3) is 0.444. The van der Waals surface area contributed by atoms with Gasteiger partial charge in [0, 0.05) is 6.54 Å². The summed E-state index contributed by atoms with van der Waals surface area (Å²) in [7, 11) is 0. The van der Waals surface area contributed by atoms with Gasteiger partial charge in [0.05, 0.1) is 6.61 Å². The summed E-state index contributed by atoms with van der Waals surface area (Å²) < 4.78 is 5.29. The number of hydrogen-bond donors (Lipinski definition) is 2. The van der Waals surface area contributed by atoms with Crippen LogP contribution >= 0.6 is 11.8 Å². The number of hydrogen-bond acceptors (Lipinski definition) is 8. The van der Waals surface area contributed by atoms with Gasteiger partial charge >= 0.3 is 6.01 Å². The number of anilines is 1. The summed E-state index contributed by atoms with van der Waals surface area (Å²) >= 11 is 1.26. The lowest BCUT2D eigenvalue weighted by Gasteiger charge is -2.06. The number of nitrogens with one attached hydrogen (secondary N) is 2. The van der Waals surface area contributed by atoms with Gasteiger partial charge in [0.15, 0.2) is 5.16 Å². The molecule has 0 aliphatic rings. The minimum atomic E-state index is 0.297. The maximum atomic E-state index is 5.29. The zero-order chi connectivity index (χ0) is 12.8. The van der Waals surface area contributed by atoms with Crippen molar-refractivity contribution in [2.45, 2.75) is 24.2 Å². The van der Waals surface area contributed by atoms with Gasteiger partial charge in [-0.1, -0.05) is 0 Å². The van der Waals surface area contributed by atoms with E-state index in [1.54, 1.807) is 0 Å². The predicted octanol–water partition coefficient (Wildman–Crippen LogP) is 0.971. The van der Waals surface area contributed by atoms with Crippen molar-refractivity contribution >= 4 is 17.7 Å². The number of aromatic nitrogens is 6. The standard InChI is InChI=1S/C9H13N7OS/c1-3-10-6-13-7(17-4-2)15-9(14-6)18-8-11-5-12-16-8/h5H,3-4H2,1-2H3,(H,11,12,16)(H,10,13,14,15). The number of aromatic amines is 1. The van der Waals surface area contributed by atoms with Crippen LogP contribution in [0.15, 0.2) is 16.6 Å². The van der Waals surface area contributed by atoms with Crippen LogP contribution in [0.5, 0.6) is 6.01 Å². The quantitative estimate of drug-likeness (QED) is 0.798. The lowest BCUT2D eigenvalue weighted by molar-refractivity contribution is 0.308. The highest BCUT2D eigenvalue weighted by atomic mass is 32.2. The minimum Gasteiger partial charge on any atom is -0.464 e. The van der Waals surface area contributed by atoms with Crippen LogP contribution in [0.2, 0.25) is 0 Å². The SMILES string of the molecule is CCNc1nc(OCC)nc(Sc2ncn[nH]2)n1. The Morgan fingerprint density at radius 3 is 2.89 bits per heavy atom. The maximum Gasteiger partial charge on any atom is 0.322 e. The van der Waals surface area contributed by atoms with Gasteiger partial charge in [0.2, 0.25) is 11.1 Å². The van der Waals surface area contributed by atoms with E-state index in [-0.39, 0.29) is 0 Å². The Bertz CT molecular complexity index is 465. The smallest absolute Gasteiger partial charge is 0.322 e. The van der Waals surface area contributed by atoms with Gasteiger partial charge in [-0.05, 0) is 25.6 Å². The fourth-order valence-electron chi connectivity index (χ4n) is 1.14. The highest BCUT2D eigenvalue weighted by molar-refractivity contribution is 7.99. The molecule has 8 nitrogen and oxygen atoms in total. The second kappa shape index (κ2) is 6.15. The Kier molecular flexibility index (Phi) is 4.29. The van der Waals surface area contributed by atoms with Gasteiger partial charge in [-0.15, -0.1) is 0 Å². The third kappa shape index (κ3) is 3.29. The first-order chi connectivity index (χ1) is 8.81. The van der Waals surface area contributed by atoms with Crippen molar-refractivity contribution < 1.29 is 4.74 Å². The van der Waals surface area contributed by atoms with E-state index in [0.717, 1.165) is 6.54 Å². The monoisotopic (exact) mass is 267 g/mol. The first-order valence-corrected chi connectivity index (χ1v) is 6.29. The Morgan fingerprint density at radius 1 is 1.33 bits per heavy atom. The van der Waals surface area contributed by atoms with Gasteiger partial charge in [-0.25, -0.2) is 4.98 Å². The van der Waals surface area contributed by atoms with E-state index in [1.165, 1.54) is 18.1 Å². The van der Waals surface area contributed by atoms with Gasteiger partial charge in [-0.3, -0.25) is 5.10 Å². The van der Waals surface area contributed by atoms with E-state index < -0.39 is 0 Å². The zero-order valence-corrected chi connectivity index (χ0v) is 10.9. The Balaban J connectivity index is 2.21. The molecule has 2 aromatic rings. The topological polar surface area (TPSA) is 102 Å². The second-order valence-corrected chi connectivity index (χ2v) is 4.04. The molecule has 0 aromatic carbocycles. The van der Waals surface area contributed by atoms with Gasteiger partial charge in [-0.2, -0.15) is 20.1 Å². The summed E-state index contributed by atoms with van der Waals surface area (Å²) in [4.78, 5) is 16.5. The number of rotatable bonds is 6. The molecule has 0 bridgehead atoms. The molecule has 0 radical (unpaired) electrons. The molecule has 96 valence electrons. The van der Waals surface area contributed by atoms with E-state index in [4.69, 9.17) is 4.74 Å². The van der Waals surface area contributed by atoms with Crippen LogP contribution in [0.1, 0.15) is 13.8 Å². The zero-order valence-electron chi connectivity index (χ0n) is 10.0. The normalized spacial score (nSPS) is 10.3. The molecule has 0 amide bonds. The van der Waals surface area contributed by atoms with Crippen molar-refractivity contribution in [3.05, 3.63) is 6.33 Å². The molecule has 2 N–H and O–H groups in total. The highest BCUT2D eigenvalue weighted by Crippen LogP contribution is 2.22. The molecular weight excluding hydrogens is 254 g/mol. The van der Waals surface area contributed by atoms with E-state index in [2.05, 4.69) is 35.5 Å². The maximum absolute atomic E-state index is 5.29. The van der Waals surface area contributed by atoms with E-state index >= 15 is 0 Å². The Hall–Kier alpha value is -1.90. The Morgan fingerprint density at radius 2 is 2.22 bits per heavy atom. The molecule has 0 aliphatic heterocycles. The van der Waals surface area contributed by atoms with Crippen LogP contribution in [-0.4, -0.2) is 43.3 Å². The number of H-pyrrole nitrogens is 1. The van der Waals surface area contributed by atoms with Crippen LogP contribution in [0.3, 0.4) is 0 Å². The molecule has 0 aliphatic carbocycles. The molecule has 0 fully saturated rings. The summed E-state index contributed by atoms with van der Waals surface area (Å²) in [6, 6.07) is 0.297. The lowest BCUT2D eigenvalue weighted by Crippen LogP contribution is -2.07. The van der Waals surface area contributed by atoms with E-state index in [0.29, 0.717) is 28.9 Å². The first kappa shape index (κ1) is 12.6. The highest BCUT2D eigenvalue weighted by Gasteiger charge is 2.09. The molecule has 2 rings (SSSR count). The van der Waals surface area contributed by atoms with Crippen molar-refractivity contribution in [3.8, 4) is 6.01 Å². The third-order valence-electron chi connectivity index (χ3n) is 1.78. The summed E-state index contributed by atoms with van der Waals surface area (Å²) in [5.41, 5.74) is 0. The minimum absolute atomic E-state index is 0.297. The van der Waals surface area contributed by atoms with Crippen molar-refractivity contribution in [1.82, 2.24) is 30.1 Å². The van der Waals surface area contributed by atoms with Crippen molar-refractivity contribution in [3.63, 3.8) is 0 Å². The second-order valence-electron chi connectivity index (χ2n) is 3.08. The first-order valence-electron chi connectivity index (χ1n) is 5.47. The van der Waals surface area contributed by atoms with Crippen LogP contribution in [0, 0.1) is 0 Å². The molecule has 9 heteroatoms. The van der Waals surface area contributed by atoms with Gasteiger partial charge in [0.1, 0.15) is 6.33 Å². The van der Waals surface area contributed by atoms with Gasteiger partial charge in [0.25, 0.3) is 0 Å². The summed E-state index contributed by atoms with van der Waals surface area (Å²) in [5, 5.41) is 10.6. The fourth-order valence-corrected chi connectivity index (χ4v) is 1.77. The molecule has 2 aromatic heterocycles. The average molecular weight is 267 g/mol. The third-order valence-corrected chi connectivity index (χ3v) is 2.54. The largest absolute Gasteiger partial charge is 0.464 e. The number of nitrogens with zero attached hydrogens (tertiary/aromatic N) is 5. The predicted molar refractivity (Wildman–Crippen MR) is 65.7 cm³/mol. The van der Waals surface area contributed by atoms with E-state index in [1.807, 2.05) is 13.8 Å². The average Bonchev–Trinajstić information content (AvgIpc) is 2.82. The molecule has 18 heavy (non-hydrogen) atoms. The molecule has 0 spiro atoms. The molecule has 0 unspecified atom stereocenters. The van der Waals surface area contributed by atoms with Crippen LogP contribution < -0.4 is 10.1 Å². The molecule has 0 saturated heterocycles. The van der Waals surface area contributed by atoms with Gasteiger partial charge < -0.3 is 10.1 Å². The van der Waals surface area contributed by atoms with Crippen molar-refractivity contribution in [2.75, 3.05) is 18.5 Å². The lowest BCUT2D eigenvalue weighted by atomic mass is 10.7. The molecule has 0 saturated carbocycles. The summed E-state index contributed by atoms with van der Waals surface area (Å²) in [6.45, 7) is 5.07. The summed E-state index contributed by atoms with van der Waals surface area (Å²) in [6.07, 6.45) is 1.43. The summed E-state index contributed by atoms with van der Waals surface area (Å²) in [5.74, 6) is 0.484. The van der Waals surface area contributed by atoms with E-state index in [9.17, 15) is 0 Å².